The van der Waals surface area contributed by atoms with Crippen molar-refractivity contribution < 1.29 is 14.3 Å². The van der Waals surface area contributed by atoms with E-state index in [0.717, 1.165) is 42.7 Å². The van der Waals surface area contributed by atoms with Crippen LogP contribution in [0.2, 0.25) is 0 Å². The fourth-order valence-electron chi connectivity index (χ4n) is 4.93. The number of urea groups is 1. The average molecular weight is 518 g/mol. The van der Waals surface area contributed by atoms with Crippen LogP contribution in [0.5, 0.6) is 0 Å². The van der Waals surface area contributed by atoms with Crippen LogP contribution in [0.25, 0.3) is 11.0 Å². The van der Waals surface area contributed by atoms with Gasteiger partial charge in [-0.2, -0.15) is 5.26 Å². The lowest BCUT2D eigenvalue weighted by Gasteiger charge is -2.33. The summed E-state index contributed by atoms with van der Waals surface area (Å²) >= 11 is 0. The fourth-order valence-corrected chi connectivity index (χ4v) is 4.93. The lowest BCUT2D eigenvalue weighted by atomic mass is 9.96. The number of rotatable bonds is 10. The third-order valence-electron chi connectivity index (χ3n) is 6.81. The second-order valence-electron chi connectivity index (χ2n) is 9.59. The molecule has 38 heavy (non-hydrogen) atoms. The highest BCUT2D eigenvalue weighted by Gasteiger charge is 2.29. The first-order valence-electron chi connectivity index (χ1n) is 13.0. The van der Waals surface area contributed by atoms with Crippen LogP contribution in [0.3, 0.4) is 0 Å². The van der Waals surface area contributed by atoms with E-state index in [4.69, 9.17) is 15.5 Å². The van der Waals surface area contributed by atoms with Gasteiger partial charge in [0, 0.05) is 58.3 Å². The Morgan fingerprint density at radius 1 is 1.24 bits per heavy atom. The molecule has 0 saturated carbocycles. The zero-order chi connectivity index (χ0) is 26.9. The number of methoxy groups -OCH3 is 1. The molecule has 1 fully saturated rings. The number of nitrogens with two attached hydrogens (primary N) is 1. The maximum Gasteiger partial charge on any atom is 0.319 e. The van der Waals surface area contributed by atoms with Gasteiger partial charge in [0.1, 0.15) is 11.9 Å². The number of para-hydroxylation sites is 3. The van der Waals surface area contributed by atoms with Crippen molar-refractivity contribution in [3.05, 3.63) is 59.9 Å². The van der Waals surface area contributed by atoms with Crippen molar-refractivity contribution >= 4 is 28.7 Å². The SMILES string of the molecule is COCCCn1c([C@@H]2CCCN(C(=O)C[C@@H](N)CNC(=O)Nc3ccccc3C#N)C2)nc2ccccc21. The van der Waals surface area contributed by atoms with Gasteiger partial charge in [-0.1, -0.05) is 24.3 Å². The van der Waals surface area contributed by atoms with E-state index in [1.54, 1.807) is 31.4 Å². The molecular formula is C28H35N7O3. The highest BCUT2D eigenvalue weighted by atomic mass is 16.5. The monoisotopic (exact) mass is 517 g/mol. The van der Waals surface area contributed by atoms with Crippen LogP contribution < -0.4 is 16.4 Å². The number of aryl methyl sites for hydroxylation is 1. The Kier molecular flexibility index (Phi) is 9.30. The van der Waals surface area contributed by atoms with E-state index in [1.807, 2.05) is 29.2 Å². The molecule has 10 heteroatoms. The summed E-state index contributed by atoms with van der Waals surface area (Å²) in [4.78, 5) is 32.2. The van der Waals surface area contributed by atoms with Crippen LogP contribution in [0.1, 0.15) is 43.0 Å². The molecule has 0 aliphatic carbocycles. The van der Waals surface area contributed by atoms with Gasteiger partial charge in [-0.15, -0.1) is 0 Å². The Morgan fingerprint density at radius 3 is 2.84 bits per heavy atom. The molecule has 1 aliphatic rings. The number of nitrogens with one attached hydrogen (secondary N) is 2. The number of nitriles is 1. The van der Waals surface area contributed by atoms with Crippen molar-refractivity contribution in [3.8, 4) is 6.07 Å². The predicted octanol–water partition coefficient (Wildman–Crippen LogP) is 3.19. The molecule has 0 spiro atoms. The van der Waals surface area contributed by atoms with Crippen molar-refractivity contribution in [1.29, 1.82) is 5.26 Å². The molecule has 1 aromatic heterocycles. The van der Waals surface area contributed by atoms with Crippen molar-refractivity contribution in [2.75, 3.05) is 38.7 Å². The Morgan fingerprint density at radius 2 is 2.03 bits per heavy atom. The minimum Gasteiger partial charge on any atom is -0.385 e. The van der Waals surface area contributed by atoms with Crippen molar-refractivity contribution in [2.45, 2.75) is 44.2 Å². The molecular weight excluding hydrogens is 482 g/mol. The number of carbonyl (C=O) groups excluding carboxylic acids is 2. The minimum atomic E-state index is -0.529. The zero-order valence-electron chi connectivity index (χ0n) is 21.7. The Balaban J connectivity index is 1.33. The smallest absolute Gasteiger partial charge is 0.319 e. The van der Waals surface area contributed by atoms with E-state index in [-0.39, 0.29) is 24.8 Å². The summed E-state index contributed by atoms with van der Waals surface area (Å²) in [5.74, 6) is 1.13. The summed E-state index contributed by atoms with van der Waals surface area (Å²) in [5.41, 5.74) is 9.06. The maximum absolute atomic E-state index is 13.1. The third-order valence-corrected chi connectivity index (χ3v) is 6.81. The molecule has 4 N–H and O–H groups in total. The average Bonchev–Trinajstić information content (AvgIpc) is 3.31. The summed E-state index contributed by atoms with van der Waals surface area (Å²) in [7, 11) is 1.71. The van der Waals surface area contributed by atoms with E-state index in [2.05, 4.69) is 21.3 Å². The highest BCUT2D eigenvalue weighted by molar-refractivity contribution is 5.90. The van der Waals surface area contributed by atoms with Gasteiger partial charge in [-0.3, -0.25) is 4.79 Å². The molecule has 2 atom stereocenters. The van der Waals surface area contributed by atoms with Gasteiger partial charge in [-0.05, 0) is 43.5 Å². The van der Waals surface area contributed by atoms with Crippen LogP contribution in [-0.2, 0) is 16.1 Å². The number of nitrogens with zero attached hydrogens (tertiary/aromatic N) is 4. The number of benzene rings is 2. The van der Waals surface area contributed by atoms with Crippen LogP contribution in [0.15, 0.2) is 48.5 Å². The number of aromatic nitrogens is 2. The van der Waals surface area contributed by atoms with Gasteiger partial charge >= 0.3 is 6.03 Å². The first kappa shape index (κ1) is 27.1. The molecule has 2 heterocycles. The number of piperidine rings is 1. The van der Waals surface area contributed by atoms with Crippen LogP contribution in [0.4, 0.5) is 10.5 Å². The van der Waals surface area contributed by atoms with E-state index in [0.29, 0.717) is 30.9 Å². The zero-order valence-corrected chi connectivity index (χ0v) is 21.7. The summed E-state index contributed by atoms with van der Waals surface area (Å²) in [6.45, 7) is 2.91. The number of likely N-dealkylation sites (tertiary alicyclic amines) is 1. The Labute approximate surface area is 222 Å². The van der Waals surface area contributed by atoms with Crippen LogP contribution in [-0.4, -0.2) is 65.8 Å². The molecule has 0 bridgehead atoms. The molecule has 4 rings (SSSR count). The summed E-state index contributed by atoms with van der Waals surface area (Å²) in [6, 6.07) is 15.9. The fraction of sp³-hybridized carbons (Fsp3) is 0.429. The first-order chi connectivity index (χ1) is 18.5. The molecule has 10 nitrogen and oxygen atoms in total. The molecule has 3 amide bonds. The molecule has 0 radical (unpaired) electrons. The molecule has 0 unspecified atom stereocenters. The third kappa shape index (κ3) is 6.68. The quantitative estimate of drug-likeness (QED) is 0.353. The Hall–Kier alpha value is -3.94. The van der Waals surface area contributed by atoms with Crippen LogP contribution >= 0.6 is 0 Å². The highest BCUT2D eigenvalue weighted by Crippen LogP contribution is 2.30. The van der Waals surface area contributed by atoms with E-state index < -0.39 is 12.1 Å². The van der Waals surface area contributed by atoms with Gasteiger partial charge in [0.05, 0.1) is 22.3 Å². The number of carbonyl (C=O) groups is 2. The second kappa shape index (κ2) is 13.0. The first-order valence-corrected chi connectivity index (χ1v) is 13.0. The van der Waals surface area contributed by atoms with Crippen molar-refractivity contribution in [3.63, 3.8) is 0 Å². The number of hydrogen-bond donors (Lipinski definition) is 3. The van der Waals surface area contributed by atoms with Gasteiger partial charge in [0.25, 0.3) is 0 Å². The molecule has 3 aromatic rings. The lowest BCUT2D eigenvalue weighted by molar-refractivity contribution is -0.132. The second-order valence-corrected chi connectivity index (χ2v) is 9.59. The van der Waals surface area contributed by atoms with E-state index in [9.17, 15) is 14.9 Å². The lowest BCUT2D eigenvalue weighted by Crippen LogP contribution is -2.45. The normalized spacial score (nSPS) is 16.1. The molecule has 1 saturated heterocycles. The van der Waals surface area contributed by atoms with Crippen LogP contribution in [0, 0.1) is 11.3 Å². The number of ether oxygens (including phenoxy) is 1. The van der Waals surface area contributed by atoms with Crippen molar-refractivity contribution in [1.82, 2.24) is 19.8 Å². The van der Waals surface area contributed by atoms with Gasteiger partial charge in [-0.25, -0.2) is 9.78 Å². The number of fused-ring (bicyclic) bond motifs is 1. The molecule has 1 aliphatic heterocycles. The van der Waals surface area contributed by atoms with Crippen molar-refractivity contribution in [2.24, 2.45) is 5.73 Å². The number of imidazole rings is 1. The summed E-state index contributed by atoms with van der Waals surface area (Å²) < 4.78 is 7.53. The standard InChI is InChI=1S/C28H35N7O3/c1-38-15-7-14-35-25-12-5-4-11-24(25)32-27(35)21-9-6-13-34(19-21)26(36)16-22(30)18-31-28(37)33-23-10-3-2-8-20(23)17-29/h2-5,8,10-12,21-22H,6-7,9,13-16,18-19,30H2,1H3,(H2,31,33,37)/t21-,22-/m1/s1. The largest absolute Gasteiger partial charge is 0.385 e. The predicted molar refractivity (Wildman–Crippen MR) is 146 cm³/mol. The minimum absolute atomic E-state index is 0.0266. The van der Waals surface area contributed by atoms with Gasteiger partial charge in [0.2, 0.25) is 5.91 Å². The van der Waals surface area contributed by atoms with Gasteiger partial charge in [0.15, 0.2) is 0 Å². The van der Waals surface area contributed by atoms with Gasteiger partial charge < -0.3 is 30.6 Å². The number of hydrogen-bond acceptors (Lipinski definition) is 6. The molecule has 200 valence electrons. The summed E-state index contributed by atoms with van der Waals surface area (Å²) in [6.07, 6.45) is 2.88. The topological polar surface area (TPSA) is 138 Å². The van der Waals surface area contributed by atoms with E-state index >= 15 is 0 Å². The maximum atomic E-state index is 13.1. The van der Waals surface area contributed by atoms with E-state index in [1.165, 1.54) is 0 Å². The number of anilines is 1. The summed E-state index contributed by atoms with van der Waals surface area (Å²) in [5, 5.41) is 14.5. The molecule has 2 aromatic carbocycles. The Bertz CT molecular complexity index is 1300. The number of amides is 3.